The molecule has 0 aliphatic carbocycles. The molecule has 0 saturated carbocycles. The number of nitrogens with one attached hydrogen (secondary N) is 2. The number of amides is 2. The molecule has 1 atom stereocenters. The predicted molar refractivity (Wildman–Crippen MR) is 76.1 cm³/mol. The average Bonchev–Trinajstić information content (AvgIpc) is 2.39. The van der Waals surface area contributed by atoms with Gasteiger partial charge in [-0.1, -0.05) is 13.0 Å². The van der Waals surface area contributed by atoms with E-state index in [0.29, 0.717) is 5.56 Å². The maximum atomic E-state index is 11.9. The van der Waals surface area contributed by atoms with E-state index in [1.807, 2.05) is 39.8 Å². The summed E-state index contributed by atoms with van der Waals surface area (Å²) in [6, 6.07) is 5.64. The fourth-order valence-electron chi connectivity index (χ4n) is 1.57. The van der Waals surface area contributed by atoms with Crippen LogP contribution in [0.2, 0.25) is 0 Å². The van der Waals surface area contributed by atoms with Crippen LogP contribution in [0.4, 0.5) is 0 Å². The molecule has 0 aliphatic heterocycles. The second kappa shape index (κ2) is 6.92. The van der Waals surface area contributed by atoms with E-state index in [9.17, 15) is 9.59 Å². The smallest absolute Gasteiger partial charge is 0.251 e. The number of rotatable bonds is 5. The van der Waals surface area contributed by atoms with Gasteiger partial charge in [-0.2, -0.15) is 0 Å². The molecule has 0 fully saturated rings. The fraction of sp³-hybridized carbons (Fsp3) is 0.467. The molecule has 4 nitrogen and oxygen atoms in total. The lowest BCUT2D eigenvalue weighted by atomic mass is 10.1. The Hall–Kier alpha value is -1.84. The minimum Gasteiger partial charge on any atom is -0.352 e. The zero-order chi connectivity index (χ0) is 14.4. The van der Waals surface area contributed by atoms with E-state index in [4.69, 9.17) is 0 Å². The fourth-order valence-corrected chi connectivity index (χ4v) is 1.57. The molecule has 0 aromatic heterocycles. The van der Waals surface area contributed by atoms with Crippen molar-refractivity contribution < 1.29 is 9.59 Å². The summed E-state index contributed by atoms with van der Waals surface area (Å²) in [7, 11) is 0. The summed E-state index contributed by atoms with van der Waals surface area (Å²) in [6.45, 7) is 7.90. The first kappa shape index (κ1) is 15.2. The van der Waals surface area contributed by atoms with Crippen molar-refractivity contribution in [3.05, 3.63) is 34.9 Å². The van der Waals surface area contributed by atoms with Gasteiger partial charge in [0.1, 0.15) is 0 Å². The van der Waals surface area contributed by atoms with Gasteiger partial charge in [0.25, 0.3) is 5.91 Å². The van der Waals surface area contributed by atoms with Crippen LogP contribution in [0.1, 0.15) is 41.8 Å². The molecule has 0 heterocycles. The van der Waals surface area contributed by atoms with Crippen molar-refractivity contribution in [2.45, 2.75) is 40.2 Å². The summed E-state index contributed by atoms with van der Waals surface area (Å²) < 4.78 is 0. The lowest BCUT2D eigenvalue weighted by Crippen LogP contribution is -2.40. The maximum Gasteiger partial charge on any atom is 0.251 e. The lowest BCUT2D eigenvalue weighted by molar-refractivity contribution is -0.120. The van der Waals surface area contributed by atoms with Crippen LogP contribution in [0.25, 0.3) is 0 Å². The van der Waals surface area contributed by atoms with Crippen molar-refractivity contribution in [1.82, 2.24) is 10.6 Å². The van der Waals surface area contributed by atoms with Crippen LogP contribution in [0.15, 0.2) is 18.2 Å². The Kier molecular flexibility index (Phi) is 5.55. The minimum atomic E-state index is -0.220. The first-order chi connectivity index (χ1) is 8.93. The zero-order valence-corrected chi connectivity index (χ0v) is 12.0. The van der Waals surface area contributed by atoms with Crippen LogP contribution >= 0.6 is 0 Å². The van der Waals surface area contributed by atoms with Crippen LogP contribution in [-0.2, 0) is 4.79 Å². The quantitative estimate of drug-likeness (QED) is 0.852. The van der Waals surface area contributed by atoms with Crippen molar-refractivity contribution in [1.29, 1.82) is 0 Å². The predicted octanol–water partition coefficient (Wildman–Crippen LogP) is 1.95. The molecule has 2 N–H and O–H groups in total. The van der Waals surface area contributed by atoms with Gasteiger partial charge in [0, 0.05) is 11.6 Å². The summed E-state index contributed by atoms with van der Waals surface area (Å²) >= 11 is 0. The molecule has 0 radical (unpaired) electrons. The highest BCUT2D eigenvalue weighted by Gasteiger charge is 2.10. The molecular formula is C15H22N2O2. The Bertz CT molecular complexity index is 469. The van der Waals surface area contributed by atoms with Crippen molar-refractivity contribution >= 4 is 11.8 Å². The number of carbonyl (C=O) groups excluding carboxylic acids is 2. The Morgan fingerprint density at radius 1 is 1.21 bits per heavy atom. The Balaban J connectivity index is 2.51. The molecule has 0 aliphatic rings. The van der Waals surface area contributed by atoms with Gasteiger partial charge in [-0.05, 0) is 50.5 Å². The van der Waals surface area contributed by atoms with Crippen molar-refractivity contribution in [3.63, 3.8) is 0 Å². The molecule has 4 heteroatoms. The highest BCUT2D eigenvalue weighted by Crippen LogP contribution is 2.09. The number of hydrogen-bond acceptors (Lipinski definition) is 2. The number of benzene rings is 1. The third-order valence-electron chi connectivity index (χ3n) is 3.20. The highest BCUT2D eigenvalue weighted by atomic mass is 16.2. The monoisotopic (exact) mass is 262 g/mol. The zero-order valence-electron chi connectivity index (χ0n) is 12.0. The molecular weight excluding hydrogens is 240 g/mol. The first-order valence-corrected chi connectivity index (χ1v) is 6.58. The summed E-state index contributed by atoms with van der Waals surface area (Å²) in [5, 5.41) is 5.43. The summed E-state index contributed by atoms with van der Waals surface area (Å²) in [5.74, 6) is -0.381. The second-order valence-electron chi connectivity index (χ2n) is 4.86. The minimum absolute atomic E-state index is 0.0100. The van der Waals surface area contributed by atoms with Gasteiger partial charge >= 0.3 is 0 Å². The molecule has 19 heavy (non-hydrogen) atoms. The topological polar surface area (TPSA) is 58.2 Å². The number of aryl methyl sites for hydroxylation is 2. The van der Waals surface area contributed by atoms with E-state index in [1.165, 1.54) is 0 Å². The van der Waals surface area contributed by atoms with Gasteiger partial charge in [-0.3, -0.25) is 9.59 Å². The van der Waals surface area contributed by atoms with Gasteiger partial charge in [0.05, 0.1) is 6.54 Å². The Morgan fingerprint density at radius 3 is 2.47 bits per heavy atom. The Morgan fingerprint density at radius 2 is 1.89 bits per heavy atom. The molecule has 0 bridgehead atoms. The van der Waals surface area contributed by atoms with Gasteiger partial charge in [-0.25, -0.2) is 0 Å². The van der Waals surface area contributed by atoms with Crippen LogP contribution in [0, 0.1) is 13.8 Å². The first-order valence-electron chi connectivity index (χ1n) is 6.58. The molecule has 1 aromatic rings. The van der Waals surface area contributed by atoms with Gasteiger partial charge in [-0.15, -0.1) is 0 Å². The van der Waals surface area contributed by atoms with Crippen LogP contribution in [0.3, 0.4) is 0 Å². The van der Waals surface area contributed by atoms with Gasteiger partial charge in [0.15, 0.2) is 0 Å². The summed E-state index contributed by atoms with van der Waals surface area (Å²) in [6.07, 6.45) is 0.872. The highest BCUT2D eigenvalue weighted by molar-refractivity contribution is 5.96. The van der Waals surface area contributed by atoms with Gasteiger partial charge in [0.2, 0.25) is 5.91 Å². The number of hydrogen-bond donors (Lipinski definition) is 2. The molecule has 2 amide bonds. The van der Waals surface area contributed by atoms with Crippen molar-refractivity contribution in [2.24, 2.45) is 0 Å². The molecule has 0 unspecified atom stereocenters. The molecule has 0 saturated heterocycles. The lowest BCUT2D eigenvalue weighted by Gasteiger charge is -2.12. The molecule has 0 spiro atoms. The second-order valence-corrected chi connectivity index (χ2v) is 4.86. The number of carbonyl (C=O) groups is 2. The molecule has 104 valence electrons. The van der Waals surface area contributed by atoms with E-state index >= 15 is 0 Å². The van der Waals surface area contributed by atoms with Crippen molar-refractivity contribution in [3.8, 4) is 0 Å². The van der Waals surface area contributed by atoms with E-state index in [2.05, 4.69) is 10.6 Å². The van der Waals surface area contributed by atoms with Crippen molar-refractivity contribution in [2.75, 3.05) is 6.54 Å². The SMILES string of the molecule is CC[C@@H](C)NC(=O)CNC(=O)c1ccc(C)c(C)c1. The average molecular weight is 262 g/mol. The largest absolute Gasteiger partial charge is 0.352 e. The molecule has 1 rings (SSSR count). The molecule has 1 aromatic carbocycles. The van der Waals surface area contributed by atoms with E-state index in [-0.39, 0.29) is 24.4 Å². The standard InChI is InChI=1S/C15H22N2O2/c1-5-12(4)17-14(18)9-16-15(19)13-7-6-10(2)11(3)8-13/h6-8,12H,5,9H2,1-4H3,(H,16,19)(H,17,18)/t12-/m1/s1. The third-order valence-corrected chi connectivity index (χ3v) is 3.20. The summed E-state index contributed by atoms with van der Waals surface area (Å²) in [5.41, 5.74) is 2.79. The van der Waals surface area contributed by atoms with E-state index in [1.54, 1.807) is 6.07 Å². The maximum absolute atomic E-state index is 11.9. The van der Waals surface area contributed by atoms with Crippen LogP contribution < -0.4 is 10.6 Å². The van der Waals surface area contributed by atoms with Gasteiger partial charge < -0.3 is 10.6 Å². The normalized spacial score (nSPS) is 11.8. The van der Waals surface area contributed by atoms with E-state index in [0.717, 1.165) is 17.5 Å². The third kappa shape index (κ3) is 4.73. The van der Waals surface area contributed by atoms with Crippen LogP contribution in [0.5, 0.6) is 0 Å². The Labute approximate surface area is 114 Å². The summed E-state index contributed by atoms with van der Waals surface area (Å²) in [4.78, 5) is 23.4. The van der Waals surface area contributed by atoms with E-state index < -0.39 is 0 Å². The van der Waals surface area contributed by atoms with Crippen LogP contribution in [-0.4, -0.2) is 24.4 Å².